The number of nitrogens with one attached hydrogen (secondary N) is 1. The molecule has 0 aliphatic carbocycles. The topological polar surface area (TPSA) is 56.8 Å². The summed E-state index contributed by atoms with van der Waals surface area (Å²) in [6.45, 7) is 6.52. The highest BCUT2D eigenvalue weighted by atomic mass is 32.2. The lowest BCUT2D eigenvalue weighted by Crippen LogP contribution is -2.23. The first-order valence-electron chi connectivity index (χ1n) is 8.79. The molecule has 5 nitrogen and oxygen atoms in total. The molecule has 0 fully saturated rings. The first-order valence-corrected chi connectivity index (χ1v) is 9.84. The van der Waals surface area contributed by atoms with E-state index in [1.807, 2.05) is 39.0 Å². The zero-order valence-corrected chi connectivity index (χ0v) is 17.3. The van der Waals surface area contributed by atoms with Crippen LogP contribution >= 0.6 is 11.8 Å². The quantitative estimate of drug-likeness (QED) is 0.642. The minimum Gasteiger partial charge on any atom is -0.493 e. The Balaban J connectivity index is 1.82. The molecule has 0 saturated carbocycles. The number of carbonyl (C=O) groups is 1. The molecule has 0 aliphatic rings. The van der Waals surface area contributed by atoms with Gasteiger partial charge in [0.2, 0.25) is 5.91 Å². The van der Waals surface area contributed by atoms with Crippen LogP contribution in [0.15, 0.2) is 36.4 Å². The standard InChI is InChI=1S/C21H27NO4S/c1-14-7-6-8-15(2)20(14)26-11-12-27-16(3)21(23)22-17-9-10-18(24-4)19(13-17)25-5/h6-10,13,16H,11-12H2,1-5H3,(H,22,23). The number of benzene rings is 2. The van der Waals surface area contributed by atoms with Gasteiger partial charge in [0.1, 0.15) is 5.75 Å². The molecule has 146 valence electrons. The molecule has 6 heteroatoms. The van der Waals surface area contributed by atoms with Gasteiger partial charge < -0.3 is 19.5 Å². The van der Waals surface area contributed by atoms with E-state index in [0.29, 0.717) is 23.8 Å². The Labute approximate surface area is 165 Å². The summed E-state index contributed by atoms with van der Waals surface area (Å²) in [6.07, 6.45) is 0. The molecule has 0 heterocycles. The predicted molar refractivity (Wildman–Crippen MR) is 112 cm³/mol. The van der Waals surface area contributed by atoms with Crippen LogP contribution in [0.1, 0.15) is 18.1 Å². The van der Waals surface area contributed by atoms with E-state index >= 15 is 0 Å². The van der Waals surface area contributed by atoms with Gasteiger partial charge in [-0.05, 0) is 44.0 Å². The molecule has 27 heavy (non-hydrogen) atoms. The number of para-hydroxylation sites is 1. The average Bonchev–Trinajstić information content (AvgIpc) is 2.66. The fraction of sp³-hybridized carbons (Fsp3) is 0.381. The molecule has 1 atom stereocenters. The second-order valence-electron chi connectivity index (χ2n) is 6.14. The van der Waals surface area contributed by atoms with Crippen molar-refractivity contribution in [2.24, 2.45) is 0 Å². The lowest BCUT2D eigenvalue weighted by molar-refractivity contribution is -0.115. The first kappa shape index (κ1) is 21.0. The lowest BCUT2D eigenvalue weighted by atomic mass is 10.1. The van der Waals surface area contributed by atoms with E-state index in [1.54, 1.807) is 44.2 Å². The Morgan fingerprint density at radius 3 is 2.37 bits per heavy atom. The molecular weight excluding hydrogens is 362 g/mol. The normalized spacial score (nSPS) is 11.6. The van der Waals surface area contributed by atoms with Crippen molar-refractivity contribution < 1.29 is 19.0 Å². The molecule has 0 radical (unpaired) electrons. The van der Waals surface area contributed by atoms with Crippen molar-refractivity contribution in [2.75, 3.05) is 31.9 Å². The number of thioether (sulfide) groups is 1. The third kappa shape index (κ3) is 5.82. The summed E-state index contributed by atoms with van der Waals surface area (Å²) < 4.78 is 16.4. The van der Waals surface area contributed by atoms with Crippen LogP contribution in [0, 0.1) is 13.8 Å². The number of aryl methyl sites for hydroxylation is 2. The van der Waals surface area contributed by atoms with Crippen LogP contribution in [0.3, 0.4) is 0 Å². The molecule has 1 N–H and O–H groups in total. The van der Waals surface area contributed by atoms with E-state index < -0.39 is 0 Å². The van der Waals surface area contributed by atoms with Crippen LogP contribution in [-0.4, -0.2) is 37.7 Å². The van der Waals surface area contributed by atoms with E-state index in [1.165, 1.54) is 0 Å². The maximum Gasteiger partial charge on any atom is 0.237 e. The van der Waals surface area contributed by atoms with Crippen molar-refractivity contribution in [1.82, 2.24) is 0 Å². The fourth-order valence-corrected chi connectivity index (χ4v) is 3.37. The summed E-state index contributed by atoms with van der Waals surface area (Å²) in [5.74, 6) is 2.81. The van der Waals surface area contributed by atoms with Gasteiger partial charge in [0.15, 0.2) is 11.5 Å². The largest absolute Gasteiger partial charge is 0.493 e. The third-order valence-electron chi connectivity index (χ3n) is 4.13. The van der Waals surface area contributed by atoms with E-state index in [4.69, 9.17) is 14.2 Å². The highest BCUT2D eigenvalue weighted by Crippen LogP contribution is 2.30. The lowest BCUT2D eigenvalue weighted by Gasteiger charge is -2.15. The van der Waals surface area contributed by atoms with E-state index in [2.05, 4.69) is 5.32 Å². The number of hydrogen-bond donors (Lipinski definition) is 1. The zero-order chi connectivity index (χ0) is 19.8. The number of carbonyl (C=O) groups excluding carboxylic acids is 1. The van der Waals surface area contributed by atoms with Gasteiger partial charge in [-0.15, -0.1) is 11.8 Å². The van der Waals surface area contributed by atoms with E-state index in [9.17, 15) is 4.79 Å². The predicted octanol–water partition coefficient (Wildman–Crippen LogP) is 4.46. The minimum absolute atomic E-state index is 0.0562. The van der Waals surface area contributed by atoms with Crippen LogP contribution in [0.25, 0.3) is 0 Å². The number of amides is 1. The number of rotatable bonds is 9. The van der Waals surface area contributed by atoms with Crippen molar-refractivity contribution >= 4 is 23.4 Å². The summed E-state index contributed by atoms with van der Waals surface area (Å²) in [7, 11) is 3.15. The van der Waals surface area contributed by atoms with Gasteiger partial charge in [0.05, 0.1) is 26.1 Å². The summed E-state index contributed by atoms with van der Waals surface area (Å²) in [5.41, 5.74) is 2.93. The summed E-state index contributed by atoms with van der Waals surface area (Å²) in [6, 6.07) is 11.4. The number of methoxy groups -OCH3 is 2. The Hall–Kier alpha value is -2.34. The van der Waals surface area contributed by atoms with Gasteiger partial charge in [-0.2, -0.15) is 0 Å². The number of ether oxygens (including phenoxy) is 3. The molecular formula is C21H27NO4S. The molecule has 0 aliphatic heterocycles. The Morgan fingerprint density at radius 1 is 1.07 bits per heavy atom. The molecule has 0 aromatic heterocycles. The van der Waals surface area contributed by atoms with Crippen molar-refractivity contribution in [3.8, 4) is 17.2 Å². The number of hydrogen-bond acceptors (Lipinski definition) is 5. The monoisotopic (exact) mass is 389 g/mol. The third-order valence-corrected chi connectivity index (χ3v) is 5.24. The van der Waals surface area contributed by atoms with E-state index in [0.717, 1.165) is 22.6 Å². The molecule has 2 rings (SSSR count). The summed E-state index contributed by atoms with van der Waals surface area (Å²) >= 11 is 1.56. The van der Waals surface area contributed by atoms with Gasteiger partial charge in [-0.25, -0.2) is 0 Å². The molecule has 1 amide bonds. The Morgan fingerprint density at radius 2 is 1.74 bits per heavy atom. The van der Waals surface area contributed by atoms with Crippen molar-refractivity contribution in [2.45, 2.75) is 26.0 Å². The molecule has 0 spiro atoms. The maximum atomic E-state index is 12.4. The second kappa shape index (κ2) is 10.1. The fourth-order valence-electron chi connectivity index (χ4n) is 2.63. The van der Waals surface area contributed by atoms with Gasteiger partial charge >= 0.3 is 0 Å². The molecule has 0 saturated heterocycles. The second-order valence-corrected chi connectivity index (χ2v) is 7.59. The van der Waals surface area contributed by atoms with Crippen molar-refractivity contribution in [1.29, 1.82) is 0 Å². The van der Waals surface area contributed by atoms with Crippen molar-refractivity contribution in [3.05, 3.63) is 47.5 Å². The van der Waals surface area contributed by atoms with Crippen molar-refractivity contribution in [3.63, 3.8) is 0 Å². The minimum atomic E-state index is -0.195. The van der Waals surface area contributed by atoms with Crippen LogP contribution < -0.4 is 19.5 Å². The smallest absolute Gasteiger partial charge is 0.237 e. The van der Waals surface area contributed by atoms with Gasteiger partial charge in [-0.3, -0.25) is 4.79 Å². The molecule has 2 aromatic carbocycles. The molecule has 1 unspecified atom stereocenters. The average molecular weight is 390 g/mol. The highest BCUT2D eigenvalue weighted by Gasteiger charge is 2.15. The SMILES string of the molecule is COc1ccc(NC(=O)C(C)SCCOc2c(C)cccc2C)cc1OC. The van der Waals surface area contributed by atoms with Crippen LogP contribution in [-0.2, 0) is 4.79 Å². The maximum absolute atomic E-state index is 12.4. The summed E-state index contributed by atoms with van der Waals surface area (Å²) in [4.78, 5) is 12.4. The van der Waals surface area contributed by atoms with E-state index in [-0.39, 0.29) is 11.2 Å². The molecule has 0 bridgehead atoms. The van der Waals surface area contributed by atoms with Gasteiger partial charge in [0, 0.05) is 17.5 Å². The van der Waals surface area contributed by atoms with Crippen LogP contribution in [0.4, 0.5) is 5.69 Å². The highest BCUT2D eigenvalue weighted by molar-refractivity contribution is 8.00. The first-order chi connectivity index (χ1) is 13.0. The van der Waals surface area contributed by atoms with Gasteiger partial charge in [0.25, 0.3) is 0 Å². The molecule has 2 aromatic rings. The Kier molecular flexibility index (Phi) is 7.85. The Bertz CT molecular complexity index is 759. The number of anilines is 1. The van der Waals surface area contributed by atoms with Crippen LogP contribution in [0.2, 0.25) is 0 Å². The summed E-state index contributed by atoms with van der Waals surface area (Å²) in [5, 5.41) is 2.71. The van der Waals surface area contributed by atoms with Crippen LogP contribution in [0.5, 0.6) is 17.2 Å². The zero-order valence-electron chi connectivity index (χ0n) is 16.5. The van der Waals surface area contributed by atoms with Gasteiger partial charge in [-0.1, -0.05) is 18.2 Å².